The van der Waals surface area contributed by atoms with Gasteiger partial charge in [0.2, 0.25) is 0 Å². The van der Waals surface area contributed by atoms with Crippen LogP contribution in [0.4, 0.5) is 0 Å². The molecule has 0 saturated heterocycles. The van der Waals surface area contributed by atoms with Gasteiger partial charge in [0.25, 0.3) is 0 Å². The van der Waals surface area contributed by atoms with Gasteiger partial charge in [-0.1, -0.05) is 246 Å². The molecule has 0 radical (unpaired) electrons. The summed E-state index contributed by atoms with van der Waals surface area (Å²) < 4.78 is 16.8. The normalized spacial score (nSPS) is 11.9. The number of hydrogen-bond donors (Lipinski definition) is 0. The quantitative estimate of drug-likeness (QED) is 0.0346. The molecule has 338 valence electrons. The standard InChI is InChI=1S/C51H98O6/c1-5-7-9-11-13-15-17-19-21-23-24-26-30-34-38-42-49(52)55-45-48(46-56-50(53)43-39-35-32-28-29-33-37-41-47(3)4)57-51(54)44-40-36-31-27-25-22-20-18-16-14-12-10-8-6-2/h47-48H,5-46H2,1-4H3/t48-/m0/s1. The Balaban J connectivity index is 4.29. The van der Waals surface area contributed by atoms with Crippen LogP contribution >= 0.6 is 0 Å². The fraction of sp³-hybridized carbons (Fsp3) is 0.941. The molecule has 0 spiro atoms. The molecule has 0 heterocycles. The van der Waals surface area contributed by atoms with Crippen LogP contribution in [0.5, 0.6) is 0 Å². The maximum Gasteiger partial charge on any atom is 0.306 e. The summed E-state index contributed by atoms with van der Waals surface area (Å²) in [6.07, 6.45) is 46.6. The number of carbonyl (C=O) groups excluding carboxylic acids is 3. The van der Waals surface area contributed by atoms with Gasteiger partial charge in [-0.2, -0.15) is 0 Å². The molecule has 0 aliphatic heterocycles. The second kappa shape index (κ2) is 45.5. The minimum atomic E-state index is -0.760. The van der Waals surface area contributed by atoms with Gasteiger partial charge in [-0.3, -0.25) is 14.4 Å². The van der Waals surface area contributed by atoms with Crippen molar-refractivity contribution in [2.45, 2.75) is 291 Å². The van der Waals surface area contributed by atoms with Crippen LogP contribution in [-0.4, -0.2) is 37.2 Å². The third kappa shape index (κ3) is 45.3. The second-order valence-corrected chi connectivity index (χ2v) is 17.9. The summed E-state index contributed by atoms with van der Waals surface area (Å²) in [4.78, 5) is 37.9. The molecule has 0 aromatic carbocycles. The van der Waals surface area contributed by atoms with E-state index in [1.54, 1.807) is 0 Å². The molecule has 0 aromatic heterocycles. The van der Waals surface area contributed by atoms with Gasteiger partial charge in [-0.05, 0) is 25.2 Å². The van der Waals surface area contributed by atoms with E-state index in [1.807, 2.05) is 0 Å². The minimum Gasteiger partial charge on any atom is -0.462 e. The van der Waals surface area contributed by atoms with E-state index in [9.17, 15) is 14.4 Å². The summed E-state index contributed by atoms with van der Waals surface area (Å²) in [7, 11) is 0. The largest absolute Gasteiger partial charge is 0.462 e. The van der Waals surface area contributed by atoms with Gasteiger partial charge < -0.3 is 14.2 Å². The Hall–Kier alpha value is -1.59. The van der Waals surface area contributed by atoms with Gasteiger partial charge in [0, 0.05) is 19.3 Å². The first kappa shape index (κ1) is 55.4. The summed E-state index contributed by atoms with van der Waals surface area (Å²) >= 11 is 0. The van der Waals surface area contributed by atoms with Crippen molar-refractivity contribution in [1.82, 2.24) is 0 Å². The zero-order valence-electron chi connectivity index (χ0n) is 38.8. The zero-order chi connectivity index (χ0) is 41.7. The molecular weight excluding hydrogens is 709 g/mol. The molecule has 57 heavy (non-hydrogen) atoms. The fourth-order valence-corrected chi connectivity index (χ4v) is 7.69. The van der Waals surface area contributed by atoms with E-state index >= 15 is 0 Å². The molecule has 0 unspecified atom stereocenters. The monoisotopic (exact) mass is 807 g/mol. The molecule has 0 aliphatic carbocycles. The number of ether oxygens (including phenoxy) is 3. The van der Waals surface area contributed by atoms with Gasteiger partial charge >= 0.3 is 17.9 Å². The lowest BCUT2D eigenvalue weighted by molar-refractivity contribution is -0.167. The van der Waals surface area contributed by atoms with E-state index in [0.29, 0.717) is 19.3 Å². The van der Waals surface area contributed by atoms with Gasteiger partial charge in [0.1, 0.15) is 13.2 Å². The predicted octanol–water partition coefficient (Wildman–Crippen LogP) is 16.3. The Morgan fingerprint density at radius 1 is 0.333 bits per heavy atom. The van der Waals surface area contributed by atoms with Crippen molar-refractivity contribution in [1.29, 1.82) is 0 Å². The third-order valence-corrected chi connectivity index (χ3v) is 11.5. The average molecular weight is 807 g/mol. The van der Waals surface area contributed by atoms with Crippen LogP contribution < -0.4 is 0 Å². The first-order valence-corrected chi connectivity index (χ1v) is 25.4. The minimum absolute atomic E-state index is 0.0634. The molecule has 0 aliphatic rings. The lowest BCUT2D eigenvalue weighted by Crippen LogP contribution is -2.30. The molecule has 0 amide bonds. The van der Waals surface area contributed by atoms with Crippen LogP contribution in [0.2, 0.25) is 0 Å². The van der Waals surface area contributed by atoms with Crippen molar-refractivity contribution < 1.29 is 28.6 Å². The molecule has 1 atom stereocenters. The topological polar surface area (TPSA) is 78.9 Å². The molecular formula is C51H98O6. The van der Waals surface area contributed by atoms with Crippen LogP contribution in [0.15, 0.2) is 0 Å². The van der Waals surface area contributed by atoms with Gasteiger partial charge in [-0.25, -0.2) is 0 Å². The van der Waals surface area contributed by atoms with E-state index in [-0.39, 0.29) is 31.1 Å². The van der Waals surface area contributed by atoms with Gasteiger partial charge in [0.15, 0.2) is 6.10 Å². The lowest BCUT2D eigenvalue weighted by atomic mass is 10.0. The molecule has 0 bridgehead atoms. The number of hydrogen-bond acceptors (Lipinski definition) is 6. The number of rotatable bonds is 46. The average Bonchev–Trinajstić information content (AvgIpc) is 3.19. The van der Waals surface area contributed by atoms with Gasteiger partial charge in [-0.15, -0.1) is 0 Å². The molecule has 0 fully saturated rings. The summed E-state index contributed by atoms with van der Waals surface area (Å²) in [5, 5.41) is 0. The highest BCUT2D eigenvalue weighted by molar-refractivity contribution is 5.71. The molecule has 6 heteroatoms. The lowest BCUT2D eigenvalue weighted by Gasteiger charge is -2.18. The smallest absolute Gasteiger partial charge is 0.306 e. The molecule has 0 aromatic rings. The van der Waals surface area contributed by atoms with E-state index in [1.165, 1.54) is 180 Å². The maximum absolute atomic E-state index is 12.8. The molecule has 0 N–H and O–H groups in total. The van der Waals surface area contributed by atoms with Crippen LogP contribution in [-0.2, 0) is 28.6 Å². The highest BCUT2D eigenvalue weighted by Gasteiger charge is 2.19. The van der Waals surface area contributed by atoms with Crippen LogP contribution in [0.3, 0.4) is 0 Å². The van der Waals surface area contributed by atoms with Crippen molar-refractivity contribution in [3.05, 3.63) is 0 Å². The van der Waals surface area contributed by atoms with Crippen molar-refractivity contribution in [3.8, 4) is 0 Å². The van der Waals surface area contributed by atoms with Crippen LogP contribution in [0.25, 0.3) is 0 Å². The Bertz CT molecular complexity index is 857. The highest BCUT2D eigenvalue weighted by Crippen LogP contribution is 2.17. The predicted molar refractivity (Wildman–Crippen MR) is 243 cm³/mol. The van der Waals surface area contributed by atoms with E-state index in [0.717, 1.165) is 63.7 Å². The van der Waals surface area contributed by atoms with Crippen LogP contribution in [0.1, 0.15) is 285 Å². The first-order valence-electron chi connectivity index (χ1n) is 25.4. The zero-order valence-corrected chi connectivity index (χ0v) is 38.8. The maximum atomic E-state index is 12.8. The highest BCUT2D eigenvalue weighted by atomic mass is 16.6. The van der Waals surface area contributed by atoms with Crippen molar-refractivity contribution >= 4 is 17.9 Å². The van der Waals surface area contributed by atoms with Gasteiger partial charge in [0.05, 0.1) is 0 Å². The van der Waals surface area contributed by atoms with E-state index in [4.69, 9.17) is 14.2 Å². The number of esters is 3. The Morgan fingerprint density at radius 2 is 0.579 bits per heavy atom. The Morgan fingerprint density at radius 3 is 0.860 bits per heavy atom. The molecule has 0 saturated carbocycles. The van der Waals surface area contributed by atoms with Crippen LogP contribution in [0, 0.1) is 5.92 Å². The molecule has 0 rings (SSSR count). The van der Waals surface area contributed by atoms with E-state index in [2.05, 4.69) is 27.7 Å². The third-order valence-electron chi connectivity index (χ3n) is 11.5. The van der Waals surface area contributed by atoms with Crippen molar-refractivity contribution in [2.24, 2.45) is 5.92 Å². The Kier molecular flexibility index (Phi) is 44.2. The second-order valence-electron chi connectivity index (χ2n) is 17.9. The summed E-state index contributed by atoms with van der Waals surface area (Å²) in [5.41, 5.74) is 0. The summed E-state index contributed by atoms with van der Waals surface area (Å²) in [6, 6.07) is 0. The summed E-state index contributed by atoms with van der Waals surface area (Å²) in [6.45, 7) is 8.97. The van der Waals surface area contributed by atoms with E-state index < -0.39 is 6.10 Å². The Labute approximate surface area is 355 Å². The fourth-order valence-electron chi connectivity index (χ4n) is 7.69. The first-order chi connectivity index (χ1) is 27.9. The number of unbranched alkanes of at least 4 members (excludes halogenated alkanes) is 33. The summed E-state index contributed by atoms with van der Waals surface area (Å²) in [5.74, 6) is -0.0667. The molecule has 6 nitrogen and oxygen atoms in total. The van der Waals surface area contributed by atoms with Crippen molar-refractivity contribution in [3.63, 3.8) is 0 Å². The number of carbonyl (C=O) groups is 3. The SMILES string of the molecule is CCCCCCCCCCCCCCCCCC(=O)OC[C@@H](COC(=O)CCCCCCCCCC(C)C)OC(=O)CCCCCCCCCCCCCCCC. The van der Waals surface area contributed by atoms with Crippen molar-refractivity contribution in [2.75, 3.05) is 13.2 Å².